The van der Waals surface area contributed by atoms with E-state index in [2.05, 4.69) is 10.6 Å². The van der Waals surface area contributed by atoms with Crippen LogP contribution in [-0.2, 0) is 6.54 Å². The van der Waals surface area contributed by atoms with E-state index in [0.29, 0.717) is 13.2 Å². The summed E-state index contributed by atoms with van der Waals surface area (Å²) in [7, 11) is 1.64. The van der Waals surface area contributed by atoms with Crippen molar-refractivity contribution < 1.29 is 9.47 Å². The second-order valence-corrected chi connectivity index (χ2v) is 5.26. The van der Waals surface area contributed by atoms with Crippen molar-refractivity contribution in [2.45, 2.75) is 13.5 Å². The van der Waals surface area contributed by atoms with E-state index in [0.717, 1.165) is 33.7 Å². The van der Waals surface area contributed by atoms with Gasteiger partial charge in [0, 0.05) is 16.6 Å². The molecule has 2 aromatic carbocycles. The predicted octanol–water partition coefficient (Wildman–Crippen LogP) is 3.91. The molecule has 0 atom stereocenters. The van der Waals surface area contributed by atoms with Gasteiger partial charge in [-0.3, -0.25) is 0 Å². The Morgan fingerprint density at radius 3 is 2.43 bits per heavy atom. The Bertz CT molecular complexity index is 857. The molecular weight excluding hydrogens is 288 g/mol. The fourth-order valence-electron chi connectivity index (χ4n) is 2.79. The predicted molar refractivity (Wildman–Crippen MR) is 89.9 cm³/mol. The van der Waals surface area contributed by atoms with Crippen LogP contribution in [0, 0.1) is 18.3 Å². The summed E-state index contributed by atoms with van der Waals surface area (Å²) >= 11 is 0. The minimum Gasteiger partial charge on any atom is -0.497 e. The van der Waals surface area contributed by atoms with Crippen LogP contribution in [0.15, 0.2) is 48.5 Å². The number of para-hydroxylation sites is 1. The maximum atomic E-state index is 9.38. The first kappa shape index (κ1) is 15.0. The lowest BCUT2D eigenvalue weighted by molar-refractivity contribution is 0.298. The van der Waals surface area contributed by atoms with E-state index in [1.54, 1.807) is 7.11 Å². The quantitative estimate of drug-likeness (QED) is 0.718. The molecule has 0 saturated carbocycles. The number of methoxy groups -OCH3 is 1. The minimum atomic E-state index is 0.538. The zero-order valence-corrected chi connectivity index (χ0v) is 13.2. The van der Waals surface area contributed by atoms with Crippen LogP contribution < -0.4 is 9.47 Å². The first-order chi connectivity index (χ1) is 11.2. The molecule has 23 heavy (non-hydrogen) atoms. The van der Waals surface area contributed by atoms with Gasteiger partial charge in [-0.05, 0) is 37.3 Å². The maximum absolute atomic E-state index is 9.38. The van der Waals surface area contributed by atoms with Gasteiger partial charge in [-0.2, -0.15) is 5.26 Å². The highest BCUT2D eigenvalue weighted by Gasteiger charge is 2.12. The van der Waals surface area contributed by atoms with Crippen molar-refractivity contribution in [1.29, 1.82) is 5.26 Å². The van der Waals surface area contributed by atoms with Gasteiger partial charge in [-0.1, -0.05) is 18.2 Å². The molecule has 0 saturated heterocycles. The number of benzene rings is 2. The van der Waals surface area contributed by atoms with Crippen molar-refractivity contribution in [1.82, 2.24) is 4.57 Å². The Morgan fingerprint density at radius 1 is 1.04 bits per heavy atom. The Balaban J connectivity index is 1.77. The highest BCUT2D eigenvalue weighted by atomic mass is 16.5. The van der Waals surface area contributed by atoms with E-state index in [4.69, 9.17) is 9.47 Å². The van der Waals surface area contributed by atoms with Crippen LogP contribution in [0.1, 0.15) is 11.3 Å². The molecule has 0 spiro atoms. The van der Waals surface area contributed by atoms with Gasteiger partial charge in [-0.15, -0.1) is 0 Å². The van der Waals surface area contributed by atoms with Crippen LogP contribution in [0.5, 0.6) is 11.5 Å². The lowest BCUT2D eigenvalue weighted by Gasteiger charge is -2.10. The molecule has 0 aliphatic carbocycles. The molecule has 0 aliphatic heterocycles. The molecule has 4 heteroatoms. The standard InChI is InChI=1S/C19H18N2O2/c1-14-18(13-20)17-5-3-4-6-19(17)21(14)11-12-23-16-9-7-15(22-2)8-10-16/h3-10H,11-12H2,1-2H3. The van der Waals surface area contributed by atoms with Gasteiger partial charge < -0.3 is 14.0 Å². The Labute approximate surface area is 135 Å². The van der Waals surface area contributed by atoms with E-state index in [1.807, 2.05) is 55.5 Å². The van der Waals surface area contributed by atoms with Gasteiger partial charge in [-0.25, -0.2) is 0 Å². The van der Waals surface area contributed by atoms with Crippen LogP contribution in [-0.4, -0.2) is 18.3 Å². The number of ether oxygens (including phenoxy) is 2. The maximum Gasteiger partial charge on any atom is 0.119 e. The summed E-state index contributed by atoms with van der Waals surface area (Å²) in [6.07, 6.45) is 0. The average Bonchev–Trinajstić information content (AvgIpc) is 2.87. The molecule has 3 rings (SSSR count). The van der Waals surface area contributed by atoms with Crippen LogP contribution in [0.2, 0.25) is 0 Å². The zero-order valence-electron chi connectivity index (χ0n) is 13.2. The Hall–Kier alpha value is -2.93. The normalized spacial score (nSPS) is 10.5. The molecule has 0 bridgehead atoms. The molecule has 0 N–H and O–H groups in total. The summed E-state index contributed by atoms with van der Waals surface area (Å²) in [5.74, 6) is 1.61. The van der Waals surface area contributed by atoms with E-state index < -0.39 is 0 Å². The van der Waals surface area contributed by atoms with Gasteiger partial charge in [0.05, 0.1) is 19.2 Å². The summed E-state index contributed by atoms with van der Waals surface area (Å²) in [6.45, 7) is 3.21. The van der Waals surface area contributed by atoms with Crippen molar-refractivity contribution in [3.05, 3.63) is 59.8 Å². The van der Waals surface area contributed by atoms with Crippen LogP contribution in [0.25, 0.3) is 10.9 Å². The van der Waals surface area contributed by atoms with Crippen LogP contribution in [0.3, 0.4) is 0 Å². The summed E-state index contributed by atoms with van der Waals surface area (Å²) in [6, 6.07) is 17.8. The molecule has 0 aliphatic rings. The number of fused-ring (bicyclic) bond motifs is 1. The first-order valence-electron chi connectivity index (χ1n) is 7.49. The topological polar surface area (TPSA) is 47.2 Å². The van der Waals surface area contributed by atoms with Crippen molar-refractivity contribution in [2.24, 2.45) is 0 Å². The number of rotatable bonds is 5. The molecule has 1 aromatic heterocycles. The molecule has 4 nitrogen and oxygen atoms in total. The smallest absolute Gasteiger partial charge is 0.119 e. The number of hydrogen-bond donors (Lipinski definition) is 0. The molecule has 0 radical (unpaired) electrons. The Morgan fingerprint density at radius 2 is 1.74 bits per heavy atom. The fraction of sp³-hybridized carbons (Fsp3) is 0.211. The lowest BCUT2D eigenvalue weighted by atomic mass is 10.1. The van der Waals surface area contributed by atoms with E-state index in [9.17, 15) is 5.26 Å². The third-order valence-corrected chi connectivity index (χ3v) is 3.99. The van der Waals surface area contributed by atoms with E-state index in [-0.39, 0.29) is 0 Å². The SMILES string of the molecule is COc1ccc(OCCn2c(C)c(C#N)c3ccccc32)cc1. The summed E-state index contributed by atoms with van der Waals surface area (Å²) in [4.78, 5) is 0. The highest BCUT2D eigenvalue weighted by molar-refractivity contribution is 5.88. The first-order valence-corrected chi connectivity index (χ1v) is 7.49. The fourth-order valence-corrected chi connectivity index (χ4v) is 2.79. The van der Waals surface area contributed by atoms with Gasteiger partial charge in [0.15, 0.2) is 0 Å². The average molecular weight is 306 g/mol. The summed E-state index contributed by atoms with van der Waals surface area (Å²) in [5.41, 5.74) is 2.79. The Kier molecular flexibility index (Phi) is 4.20. The monoisotopic (exact) mass is 306 g/mol. The van der Waals surface area contributed by atoms with Gasteiger partial charge in [0.1, 0.15) is 24.2 Å². The molecule has 0 fully saturated rings. The molecular formula is C19H18N2O2. The third-order valence-electron chi connectivity index (χ3n) is 3.99. The van der Waals surface area contributed by atoms with Crippen molar-refractivity contribution >= 4 is 10.9 Å². The highest BCUT2D eigenvalue weighted by Crippen LogP contribution is 2.25. The summed E-state index contributed by atoms with van der Waals surface area (Å²) < 4.78 is 13.1. The van der Waals surface area contributed by atoms with Crippen molar-refractivity contribution in [3.63, 3.8) is 0 Å². The van der Waals surface area contributed by atoms with Crippen LogP contribution in [0.4, 0.5) is 0 Å². The van der Waals surface area contributed by atoms with E-state index >= 15 is 0 Å². The third kappa shape index (κ3) is 2.86. The largest absolute Gasteiger partial charge is 0.497 e. The van der Waals surface area contributed by atoms with Gasteiger partial charge >= 0.3 is 0 Å². The lowest BCUT2D eigenvalue weighted by Crippen LogP contribution is -2.09. The molecule has 116 valence electrons. The van der Waals surface area contributed by atoms with Gasteiger partial charge in [0.25, 0.3) is 0 Å². The number of hydrogen-bond acceptors (Lipinski definition) is 3. The molecule has 0 amide bonds. The number of aromatic nitrogens is 1. The van der Waals surface area contributed by atoms with Gasteiger partial charge in [0.2, 0.25) is 0 Å². The van der Waals surface area contributed by atoms with Crippen molar-refractivity contribution in [2.75, 3.05) is 13.7 Å². The zero-order chi connectivity index (χ0) is 16.2. The summed E-state index contributed by atoms with van der Waals surface area (Å²) in [5, 5.41) is 10.4. The van der Waals surface area contributed by atoms with Crippen LogP contribution >= 0.6 is 0 Å². The second-order valence-electron chi connectivity index (χ2n) is 5.26. The second kappa shape index (κ2) is 6.45. The van der Waals surface area contributed by atoms with E-state index in [1.165, 1.54) is 0 Å². The molecule has 0 unspecified atom stereocenters. The minimum absolute atomic E-state index is 0.538. The van der Waals surface area contributed by atoms with Crippen molar-refractivity contribution in [3.8, 4) is 17.6 Å². The number of nitrogens with zero attached hydrogens (tertiary/aromatic N) is 2. The number of nitriles is 1. The molecule has 1 heterocycles. The molecule has 3 aromatic rings.